The van der Waals surface area contributed by atoms with Gasteiger partial charge in [0.15, 0.2) is 0 Å². The van der Waals surface area contributed by atoms with E-state index in [0.717, 1.165) is 19.1 Å². The minimum Gasteiger partial charge on any atom is -0.481 e. The van der Waals surface area contributed by atoms with E-state index in [2.05, 4.69) is 16.8 Å². The van der Waals surface area contributed by atoms with Crippen molar-refractivity contribution in [2.24, 2.45) is 0 Å². The third kappa shape index (κ3) is 2.38. The number of rotatable bonds is 3. The summed E-state index contributed by atoms with van der Waals surface area (Å²) in [4.78, 5) is 15.6. The summed E-state index contributed by atoms with van der Waals surface area (Å²) >= 11 is 0. The fourth-order valence-corrected chi connectivity index (χ4v) is 3.12. The highest BCUT2D eigenvalue weighted by Crippen LogP contribution is 2.29. The van der Waals surface area contributed by atoms with Gasteiger partial charge in [-0.3, -0.25) is 14.6 Å². The van der Waals surface area contributed by atoms with Crippen LogP contribution in [0.15, 0.2) is 0 Å². The molecule has 2 aliphatic heterocycles. The Bertz CT molecular complexity index is 270. The molecule has 92 valence electrons. The number of carboxylic acids is 1. The van der Waals surface area contributed by atoms with Gasteiger partial charge in [0.2, 0.25) is 0 Å². The van der Waals surface area contributed by atoms with E-state index in [1.807, 2.05) is 6.92 Å². The Kier molecular flexibility index (Phi) is 3.50. The molecule has 2 heterocycles. The van der Waals surface area contributed by atoms with Gasteiger partial charge in [0, 0.05) is 24.7 Å². The van der Waals surface area contributed by atoms with Gasteiger partial charge in [-0.25, -0.2) is 0 Å². The Balaban J connectivity index is 1.95. The molecule has 3 unspecified atom stereocenters. The number of hydrogen-bond donors (Lipinski definition) is 1. The minimum absolute atomic E-state index is 0.172. The molecule has 0 amide bonds. The largest absolute Gasteiger partial charge is 0.481 e. The van der Waals surface area contributed by atoms with Crippen LogP contribution in [0, 0.1) is 0 Å². The Labute approximate surface area is 97.2 Å². The molecule has 2 rings (SSSR count). The Morgan fingerprint density at radius 1 is 1.38 bits per heavy atom. The van der Waals surface area contributed by atoms with Gasteiger partial charge in [-0.1, -0.05) is 0 Å². The second-order valence-corrected chi connectivity index (χ2v) is 5.28. The van der Waals surface area contributed by atoms with E-state index >= 15 is 0 Å². The molecule has 2 saturated heterocycles. The van der Waals surface area contributed by atoms with Crippen LogP contribution >= 0.6 is 0 Å². The maximum atomic E-state index is 10.7. The Morgan fingerprint density at radius 3 is 2.75 bits per heavy atom. The van der Waals surface area contributed by atoms with E-state index in [1.54, 1.807) is 0 Å². The SMILES string of the molecule is CC(CC(=O)O)N1CCC2CCC(C1)N2C. The number of carbonyl (C=O) groups is 1. The number of fused-ring (bicyclic) bond motifs is 2. The summed E-state index contributed by atoms with van der Waals surface area (Å²) in [6, 6.07) is 1.54. The fourth-order valence-electron chi connectivity index (χ4n) is 3.12. The molecule has 0 aromatic rings. The van der Waals surface area contributed by atoms with Gasteiger partial charge in [0.05, 0.1) is 6.42 Å². The van der Waals surface area contributed by atoms with E-state index in [4.69, 9.17) is 5.11 Å². The molecule has 4 nitrogen and oxygen atoms in total. The van der Waals surface area contributed by atoms with Gasteiger partial charge in [0.1, 0.15) is 0 Å². The second kappa shape index (κ2) is 4.72. The first-order valence-electron chi connectivity index (χ1n) is 6.25. The van der Waals surface area contributed by atoms with Gasteiger partial charge in [-0.15, -0.1) is 0 Å². The lowest BCUT2D eigenvalue weighted by molar-refractivity contribution is -0.138. The van der Waals surface area contributed by atoms with Crippen LogP contribution in [-0.2, 0) is 4.79 Å². The van der Waals surface area contributed by atoms with E-state index < -0.39 is 5.97 Å². The van der Waals surface area contributed by atoms with Crippen LogP contribution in [0.3, 0.4) is 0 Å². The zero-order chi connectivity index (χ0) is 11.7. The van der Waals surface area contributed by atoms with Crippen molar-refractivity contribution in [3.63, 3.8) is 0 Å². The van der Waals surface area contributed by atoms with E-state index in [9.17, 15) is 4.79 Å². The maximum Gasteiger partial charge on any atom is 0.304 e. The second-order valence-electron chi connectivity index (χ2n) is 5.28. The van der Waals surface area contributed by atoms with Crippen LogP contribution in [0.2, 0.25) is 0 Å². The molecular weight excluding hydrogens is 204 g/mol. The van der Waals surface area contributed by atoms with Gasteiger partial charge in [-0.2, -0.15) is 0 Å². The predicted octanol–water partition coefficient (Wildman–Crippen LogP) is 1.02. The molecule has 0 radical (unpaired) electrons. The number of nitrogens with zero attached hydrogens (tertiary/aromatic N) is 2. The molecule has 0 aromatic heterocycles. The third-order valence-corrected chi connectivity index (χ3v) is 4.27. The minimum atomic E-state index is -0.685. The molecule has 3 atom stereocenters. The molecule has 4 heteroatoms. The van der Waals surface area contributed by atoms with Crippen LogP contribution in [0.5, 0.6) is 0 Å². The van der Waals surface area contributed by atoms with Gasteiger partial charge in [-0.05, 0) is 39.8 Å². The maximum absolute atomic E-state index is 10.7. The number of aliphatic carboxylic acids is 1. The average molecular weight is 226 g/mol. The first kappa shape index (κ1) is 11.9. The lowest BCUT2D eigenvalue weighted by atomic mass is 10.1. The normalized spacial score (nSPS) is 33.6. The standard InChI is InChI=1S/C12H22N2O2/c1-9(7-12(15)16)14-6-5-10-3-4-11(8-14)13(10)2/h9-11H,3-8H2,1-2H3,(H,15,16). The summed E-state index contributed by atoms with van der Waals surface area (Å²) in [5, 5.41) is 8.83. The fraction of sp³-hybridized carbons (Fsp3) is 0.917. The molecule has 2 aliphatic rings. The first-order valence-corrected chi connectivity index (χ1v) is 6.25. The van der Waals surface area contributed by atoms with E-state index in [-0.39, 0.29) is 12.5 Å². The molecule has 0 saturated carbocycles. The summed E-state index contributed by atoms with van der Waals surface area (Å²) in [5.41, 5.74) is 0. The summed E-state index contributed by atoms with van der Waals surface area (Å²) in [6.07, 6.45) is 4.05. The zero-order valence-corrected chi connectivity index (χ0v) is 10.2. The Hall–Kier alpha value is -0.610. The highest BCUT2D eigenvalue weighted by atomic mass is 16.4. The van der Waals surface area contributed by atoms with Crippen LogP contribution in [0.1, 0.15) is 32.6 Å². The van der Waals surface area contributed by atoms with Crippen molar-refractivity contribution < 1.29 is 9.90 Å². The molecule has 2 fully saturated rings. The summed E-state index contributed by atoms with van der Waals surface area (Å²) in [5.74, 6) is -0.685. The summed E-state index contributed by atoms with van der Waals surface area (Å²) < 4.78 is 0. The first-order chi connectivity index (χ1) is 7.58. The average Bonchev–Trinajstić information content (AvgIpc) is 2.39. The van der Waals surface area contributed by atoms with E-state index in [1.165, 1.54) is 19.3 Å². The molecular formula is C12H22N2O2. The zero-order valence-electron chi connectivity index (χ0n) is 10.2. The topological polar surface area (TPSA) is 43.8 Å². The van der Waals surface area contributed by atoms with Gasteiger partial charge < -0.3 is 5.11 Å². The number of likely N-dealkylation sites (N-methyl/N-ethyl adjacent to an activating group) is 1. The molecule has 1 N–H and O–H groups in total. The predicted molar refractivity (Wildman–Crippen MR) is 62.5 cm³/mol. The van der Waals surface area contributed by atoms with Crippen molar-refractivity contribution >= 4 is 5.97 Å². The monoisotopic (exact) mass is 226 g/mol. The molecule has 16 heavy (non-hydrogen) atoms. The van der Waals surface area contributed by atoms with Crippen molar-refractivity contribution in [3.8, 4) is 0 Å². The van der Waals surface area contributed by atoms with E-state index in [0.29, 0.717) is 6.04 Å². The summed E-state index contributed by atoms with van der Waals surface area (Å²) in [6.45, 7) is 4.13. The lowest BCUT2D eigenvalue weighted by Crippen LogP contribution is -2.41. The van der Waals surface area contributed by atoms with Crippen molar-refractivity contribution in [1.29, 1.82) is 0 Å². The quantitative estimate of drug-likeness (QED) is 0.780. The smallest absolute Gasteiger partial charge is 0.304 e. The number of hydrogen-bond acceptors (Lipinski definition) is 3. The highest BCUT2D eigenvalue weighted by Gasteiger charge is 2.35. The molecule has 0 spiro atoms. The Morgan fingerprint density at radius 2 is 2.06 bits per heavy atom. The van der Waals surface area contributed by atoms with Gasteiger partial charge in [0.25, 0.3) is 0 Å². The van der Waals surface area contributed by atoms with Crippen molar-refractivity contribution in [2.75, 3.05) is 20.1 Å². The van der Waals surface area contributed by atoms with Crippen molar-refractivity contribution in [1.82, 2.24) is 9.80 Å². The van der Waals surface area contributed by atoms with Gasteiger partial charge >= 0.3 is 5.97 Å². The highest BCUT2D eigenvalue weighted by molar-refractivity contribution is 5.67. The van der Waals surface area contributed by atoms with Crippen molar-refractivity contribution in [2.45, 2.75) is 50.7 Å². The third-order valence-electron chi connectivity index (χ3n) is 4.27. The molecule has 0 aliphatic carbocycles. The number of carboxylic acid groups (broad SMARTS) is 1. The summed E-state index contributed by atoms with van der Waals surface area (Å²) in [7, 11) is 2.22. The van der Waals surface area contributed by atoms with Crippen LogP contribution in [-0.4, -0.2) is 59.1 Å². The lowest BCUT2D eigenvalue weighted by Gasteiger charge is -2.30. The molecule has 0 aromatic carbocycles. The molecule has 2 bridgehead atoms. The number of likely N-dealkylation sites (tertiary alicyclic amines) is 1. The van der Waals surface area contributed by atoms with Crippen LogP contribution in [0.4, 0.5) is 0 Å². The van der Waals surface area contributed by atoms with Crippen molar-refractivity contribution in [3.05, 3.63) is 0 Å². The van der Waals surface area contributed by atoms with Crippen LogP contribution in [0.25, 0.3) is 0 Å². The van der Waals surface area contributed by atoms with Crippen LogP contribution < -0.4 is 0 Å².